The van der Waals surface area contributed by atoms with E-state index in [-0.39, 0.29) is 0 Å². The van der Waals surface area contributed by atoms with Gasteiger partial charge in [0.15, 0.2) is 0 Å². The van der Waals surface area contributed by atoms with Gasteiger partial charge in [-0.2, -0.15) is 13.2 Å². The van der Waals surface area contributed by atoms with Crippen molar-refractivity contribution in [1.29, 1.82) is 0 Å². The maximum atomic E-state index is 10.6. The van der Waals surface area contributed by atoms with Crippen molar-refractivity contribution in [3.05, 3.63) is 95.6 Å². The molecule has 0 radical (unpaired) electrons. The number of benzene rings is 3. The van der Waals surface area contributed by atoms with Crippen LogP contribution in [0.3, 0.4) is 0 Å². The number of H-pyrrole nitrogens is 1. The summed E-state index contributed by atoms with van der Waals surface area (Å²) in [7, 11) is 1.94. The molecule has 4 N–H and O–H groups in total. The molecule has 0 spiro atoms. The van der Waals surface area contributed by atoms with Gasteiger partial charge in [-0.15, -0.1) is 11.3 Å². The fourth-order valence-electron chi connectivity index (χ4n) is 3.84. The number of rotatable bonds is 7. The first-order valence-corrected chi connectivity index (χ1v) is 12.9. The second kappa shape index (κ2) is 12.1. The van der Waals surface area contributed by atoms with Crippen molar-refractivity contribution >= 4 is 34.0 Å². The fraction of sp³-hybridized carbons (Fsp3) is 0.172. The molecule has 6 nitrogen and oxygen atoms in total. The largest absolute Gasteiger partial charge is 0.490 e. The van der Waals surface area contributed by atoms with E-state index in [1.165, 1.54) is 27.1 Å². The molecule has 10 heteroatoms. The minimum absolute atomic E-state index is 0.849. The molecule has 0 bridgehead atoms. The van der Waals surface area contributed by atoms with Gasteiger partial charge in [-0.3, -0.25) is 0 Å². The monoisotopic (exact) mass is 552 g/mol. The first-order chi connectivity index (χ1) is 18.6. The van der Waals surface area contributed by atoms with Crippen LogP contribution in [0.25, 0.3) is 32.2 Å². The van der Waals surface area contributed by atoms with Gasteiger partial charge in [0.2, 0.25) is 0 Å². The number of thiophene rings is 1. The topological polar surface area (TPSA) is 90.0 Å². The average Bonchev–Trinajstić information content (AvgIpc) is 3.58. The van der Waals surface area contributed by atoms with Crippen molar-refractivity contribution in [2.75, 3.05) is 12.4 Å². The maximum Gasteiger partial charge on any atom is 0.490 e. The van der Waals surface area contributed by atoms with Gasteiger partial charge >= 0.3 is 12.1 Å². The fourth-order valence-corrected chi connectivity index (χ4v) is 4.80. The number of aryl methyl sites for hydroxylation is 1. The summed E-state index contributed by atoms with van der Waals surface area (Å²) in [5.41, 5.74) is 8.27. The van der Waals surface area contributed by atoms with Crippen LogP contribution in [-0.4, -0.2) is 34.3 Å². The summed E-state index contributed by atoms with van der Waals surface area (Å²) < 4.78 is 31.7. The Balaban J connectivity index is 0.000000448. The van der Waals surface area contributed by atoms with E-state index in [1.54, 1.807) is 11.3 Å². The predicted octanol–water partition coefficient (Wildman–Crippen LogP) is 7.23. The van der Waals surface area contributed by atoms with Crippen LogP contribution in [0.4, 0.5) is 18.9 Å². The number of carboxylic acid groups (broad SMARTS) is 1. The van der Waals surface area contributed by atoms with Crippen molar-refractivity contribution in [1.82, 2.24) is 15.3 Å². The Labute approximate surface area is 227 Å². The van der Waals surface area contributed by atoms with E-state index in [1.807, 2.05) is 7.05 Å². The summed E-state index contributed by atoms with van der Waals surface area (Å²) in [6, 6.07) is 27.9. The Morgan fingerprint density at radius 2 is 1.51 bits per heavy atom. The van der Waals surface area contributed by atoms with Gasteiger partial charge in [0.1, 0.15) is 5.82 Å². The summed E-state index contributed by atoms with van der Waals surface area (Å²) in [6.45, 7) is 3.81. The van der Waals surface area contributed by atoms with Crippen LogP contribution in [0.2, 0.25) is 0 Å². The first kappa shape index (κ1) is 27.9. The molecule has 5 aromatic rings. The van der Waals surface area contributed by atoms with Gasteiger partial charge in [0.25, 0.3) is 0 Å². The molecular formula is C29H27F3N4O2S. The van der Waals surface area contributed by atoms with E-state index < -0.39 is 12.1 Å². The van der Waals surface area contributed by atoms with Gasteiger partial charge in [-0.05, 0) is 59.5 Å². The third-order valence-electron chi connectivity index (χ3n) is 5.94. The molecular weight excluding hydrogens is 525 g/mol. The number of fused-ring (bicyclic) bond motifs is 1. The number of para-hydroxylation sites is 1. The highest BCUT2D eigenvalue weighted by atomic mass is 32.1. The molecule has 2 heterocycles. The van der Waals surface area contributed by atoms with Crippen LogP contribution in [0.5, 0.6) is 0 Å². The molecule has 0 amide bonds. The summed E-state index contributed by atoms with van der Waals surface area (Å²) in [4.78, 5) is 19.6. The number of nitrogens with zero attached hydrogens (tertiary/aromatic N) is 1. The number of carboxylic acids is 1. The summed E-state index contributed by atoms with van der Waals surface area (Å²) in [5.74, 6) is -1.82. The van der Waals surface area contributed by atoms with Crippen molar-refractivity contribution in [3.8, 4) is 21.1 Å². The second-order valence-electron chi connectivity index (χ2n) is 8.77. The second-order valence-corrected chi connectivity index (χ2v) is 9.85. The smallest absolute Gasteiger partial charge is 0.475 e. The van der Waals surface area contributed by atoms with Gasteiger partial charge in [0.05, 0.1) is 15.9 Å². The zero-order valence-corrected chi connectivity index (χ0v) is 22.1. The summed E-state index contributed by atoms with van der Waals surface area (Å²) in [6.07, 6.45) is -5.08. The predicted molar refractivity (Wildman–Crippen MR) is 150 cm³/mol. The van der Waals surface area contributed by atoms with Crippen LogP contribution in [0.15, 0.2) is 78.9 Å². The van der Waals surface area contributed by atoms with Crippen LogP contribution in [-0.2, 0) is 17.9 Å². The highest BCUT2D eigenvalue weighted by Gasteiger charge is 2.38. The molecule has 0 saturated heterocycles. The molecule has 0 unspecified atom stereocenters. The third kappa shape index (κ3) is 7.24. The lowest BCUT2D eigenvalue weighted by molar-refractivity contribution is -0.192. The normalized spacial score (nSPS) is 11.2. The zero-order valence-electron chi connectivity index (χ0n) is 21.3. The number of nitrogens with one attached hydrogen (secondary N) is 3. The number of anilines is 1. The Kier molecular flexibility index (Phi) is 8.68. The molecule has 5 rings (SSSR count). The number of imidazole rings is 1. The minimum atomic E-state index is -5.08. The lowest BCUT2D eigenvalue weighted by atomic mass is 10.1. The number of aromatic amines is 1. The van der Waals surface area contributed by atoms with Gasteiger partial charge in [0, 0.05) is 30.7 Å². The molecule has 39 heavy (non-hydrogen) atoms. The molecule has 202 valence electrons. The molecule has 0 aliphatic rings. The molecule has 0 atom stereocenters. The van der Waals surface area contributed by atoms with Crippen molar-refractivity contribution < 1.29 is 23.1 Å². The Bertz CT molecular complexity index is 1540. The SMILES string of the molecule is CNc1ccc(CNCc2ccc(-c3ccc(-c4nc5c(C)cccc5[nH]4)s3)cc2)cc1.O=C(O)C(F)(F)F. The van der Waals surface area contributed by atoms with E-state index in [4.69, 9.17) is 14.9 Å². The summed E-state index contributed by atoms with van der Waals surface area (Å²) in [5, 5.41) is 13.8. The molecule has 2 aromatic heterocycles. The minimum Gasteiger partial charge on any atom is -0.475 e. The Morgan fingerprint density at radius 1 is 0.923 bits per heavy atom. The molecule has 0 aliphatic carbocycles. The summed E-state index contributed by atoms with van der Waals surface area (Å²) >= 11 is 1.77. The number of halogens is 3. The van der Waals surface area contributed by atoms with E-state index in [9.17, 15) is 13.2 Å². The van der Waals surface area contributed by atoms with Crippen LogP contribution in [0, 0.1) is 6.92 Å². The number of hydrogen-bond donors (Lipinski definition) is 4. The maximum absolute atomic E-state index is 10.6. The molecule has 0 saturated carbocycles. The Morgan fingerprint density at radius 3 is 2.08 bits per heavy atom. The average molecular weight is 553 g/mol. The lowest BCUT2D eigenvalue weighted by Gasteiger charge is -2.07. The van der Waals surface area contributed by atoms with Crippen LogP contribution >= 0.6 is 11.3 Å². The highest BCUT2D eigenvalue weighted by Crippen LogP contribution is 2.34. The Hall–Kier alpha value is -4.15. The van der Waals surface area contributed by atoms with E-state index >= 15 is 0 Å². The number of alkyl halides is 3. The lowest BCUT2D eigenvalue weighted by Crippen LogP contribution is -2.21. The van der Waals surface area contributed by atoms with E-state index in [0.29, 0.717) is 0 Å². The van der Waals surface area contributed by atoms with Crippen LogP contribution in [0.1, 0.15) is 16.7 Å². The molecule has 0 fully saturated rings. The molecule has 3 aromatic carbocycles. The standard InChI is InChI=1S/C27H26N4S.C2HF3O2/c1-18-4-3-5-23-26(18)31-27(30-23)25-15-14-24(32-25)21-10-6-19(7-11-21)16-29-17-20-8-12-22(28-2)13-9-20;3-2(4,5)1(6)7/h3-15,28-29H,16-17H2,1-2H3,(H,30,31);(H,6,7). The number of aliphatic carboxylic acids is 1. The third-order valence-corrected chi connectivity index (χ3v) is 7.08. The van der Waals surface area contributed by atoms with Gasteiger partial charge in [-0.1, -0.05) is 48.5 Å². The highest BCUT2D eigenvalue weighted by molar-refractivity contribution is 7.18. The number of carbonyl (C=O) groups is 1. The van der Waals surface area contributed by atoms with Crippen molar-refractivity contribution in [2.24, 2.45) is 0 Å². The first-order valence-electron chi connectivity index (χ1n) is 12.1. The van der Waals surface area contributed by atoms with Gasteiger partial charge < -0.3 is 20.7 Å². The number of aromatic nitrogens is 2. The van der Waals surface area contributed by atoms with Crippen LogP contribution < -0.4 is 10.6 Å². The van der Waals surface area contributed by atoms with Gasteiger partial charge in [-0.25, -0.2) is 9.78 Å². The number of hydrogen-bond acceptors (Lipinski definition) is 5. The van der Waals surface area contributed by atoms with E-state index in [0.717, 1.165) is 40.5 Å². The van der Waals surface area contributed by atoms with Crippen molar-refractivity contribution in [3.63, 3.8) is 0 Å². The quantitative estimate of drug-likeness (QED) is 0.171. The van der Waals surface area contributed by atoms with Crippen molar-refractivity contribution in [2.45, 2.75) is 26.2 Å². The van der Waals surface area contributed by atoms with E-state index in [2.05, 4.69) is 101 Å². The zero-order chi connectivity index (χ0) is 28.0. The molecule has 0 aliphatic heterocycles.